The minimum absolute atomic E-state index is 0.0701. The van der Waals surface area contributed by atoms with E-state index < -0.39 is 5.91 Å². The summed E-state index contributed by atoms with van der Waals surface area (Å²) in [6, 6.07) is 7.16. The number of pyridine rings is 1. The van der Waals surface area contributed by atoms with Gasteiger partial charge in [0.1, 0.15) is 12.2 Å². The molecule has 2 fully saturated rings. The van der Waals surface area contributed by atoms with Crippen molar-refractivity contribution in [3.8, 4) is 17.7 Å². The van der Waals surface area contributed by atoms with Crippen LogP contribution < -0.4 is 15.2 Å². The molecular weight excluding hydrogens is 384 g/mol. The highest BCUT2D eigenvalue weighted by molar-refractivity contribution is 6.01. The Morgan fingerprint density at radius 3 is 2.93 bits per heavy atom. The number of likely N-dealkylation sites (tertiary alicyclic amines) is 1. The van der Waals surface area contributed by atoms with Gasteiger partial charge in [-0.1, -0.05) is 0 Å². The highest BCUT2D eigenvalue weighted by atomic mass is 16.5. The Balaban J connectivity index is 1.56. The number of carbonyl (C=O) groups is 2. The molecule has 1 aliphatic carbocycles. The molecule has 2 atom stereocenters. The molecule has 1 aromatic carbocycles. The molecule has 2 heterocycles. The second-order valence-electron chi connectivity index (χ2n) is 8.38. The molecule has 1 aromatic heterocycles. The number of aromatic nitrogens is 1. The van der Waals surface area contributed by atoms with Crippen LogP contribution in [0.4, 0.5) is 0 Å². The van der Waals surface area contributed by atoms with Crippen LogP contribution in [0.25, 0.3) is 10.8 Å². The second kappa shape index (κ2) is 7.48. The lowest BCUT2D eigenvalue weighted by Crippen LogP contribution is -2.32. The molecule has 2 aromatic rings. The molecule has 8 heteroatoms. The first-order valence-electron chi connectivity index (χ1n) is 10.00. The molecule has 1 aliphatic heterocycles. The molecule has 156 valence electrons. The topological polar surface area (TPSA) is 119 Å². The number of amides is 2. The number of ether oxygens (including phenoxy) is 2. The molecule has 1 saturated carbocycles. The van der Waals surface area contributed by atoms with E-state index in [1.807, 2.05) is 19.9 Å². The molecule has 2 aliphatic rings. The third-order valence-electron chi connectivity index (χ3n) is 5.84. The zero-order valence-corrected chi connectivity index (χ0v) is 17.1. The standard InChI is InChI=1S/C22H24N4O4/c1-13(2)30-18-8-16-14(7-17(18)20(24)28)4-6-25-21(16)29-12-22-9-15(22)10-26(11-22)19(27)3-5-23/h4,6-8,13,15H,3,9-12H2,1-2H3,(H2,24,28)/t15-,22+/m1/s1. The Morgan fingerprint density at radius 2 is 2.23 bits per heavy atom. The Hall–Kier alpha value is -3.34. The molecule has 0 spiro atoms. The lowest BCUT2D eigenvalue weighted by Gasteiger charge is -2.20. The van der Waals surface area contributed by atoms with Crippen LogP contribution in [0.3, 0.4) is 0 Å². The fourth-order valence-electron chi connectivity index (χ4n) is 4.23. The Bertz CT molecular complexity index is 1060. The van der Waals surface area contributed by atoms with Gasteiger partial charge in [-0.25, -0.2) is 4.98 Å². The number of piperidine rings is 1. The number of hydrogen-bond acceptors (Lipinski definition) is 6. The maximum Gasteiger partial charge on any atom is 0.252 e. The molecule has 2 amide bonds. The van der Waals surface area contributed by atoms with Gasteiger partial charge in [0.25, 0.3) is 5.91 Å². The van der Waals surface area contributed by atoms with E-state index in [2.05, 4.69) is 4.98 Å². The SMILES string of the molecule is CC(C)Oc1cc2c(OC[C@@]34C[C@@H]3CN(C(=O)CC#N)C4)nccc2cc1C(N)=O. The van der Waals surface area contributed by atoms with Crippen molar-refractivity contribution in [2.24, 2.45) is 17.1 Å². The van der Waals surface area contributed by atoms with Crippen LogP contribution >= 0.6 is 0 Å². The summed E-state index contributed by atoms with van der Waals surface area (Å²) < 4.78 is 11.9. The van der Waals surface area contributed by atoms with Gasteiger partial charge in [-0.15, -0.1) is 0 Å². The van der Waals surface area contributed by atoms with Crippen LogP contribution in [-0.2, 0) is 4.79 Å². The fraction of sp³-hybridized carbons (Fsp3) is 0.455. The average Bonchev–Trinajstić information content (AvgIpc) is 3.25. The highest BCUT2D eigenvalue weighted by Gasteiger charge is 2.61. The van der Waals surface area contributed by atoms with Crippen molar-refractivity contribution in [2.45, 2.75) is 32.8 Å². The van der Waals surface area contributed by atoms with Gasteiger partial charge in [0.05, 0.1) is 24.3 Å². The summed E-state index contributed by atoms with van der Waals surface area (Å²) in [5.41, 5.74) is 5.77. The van der Waals surface area contributed by atoms with Crippen molar-refractivity contribution in [1.29, 1.82) is 5.26 Å². The van der Waals surface area contributed by atoms with E-state index in [1.165, 1.54) is 0 Å². The summed E-state index contributed by atoms with van der Waals surface area (Å²) in [7, 11) is 0. The number of fused-ring (bicyclic) bond motifs is 2. The number of nitrogens with two attached hydrogens (primary N) is 1. The quantitative estimate of drug-likeness (QED) is 0.751. The summed E-state index contributed by atoms with van der Waals surface area (Å²) in [4.78, 5) is 30.0. The van der Waals surface area contributed by atoms with E-state index in [9.17, 15) is 9.59 Å². The van der Waals surface area contributed by atoms with Crippen molar-refractivity contribution in [1.82, 2.24) is 9.88 Å². The van der Waals surface area contributed by atoms with Gasteiger partial charge in [-0.3, -0.25) is 9.59 Å². The van der Waals surface area contributed by atoms with Crippen LogP contribution in [-0.4, -0.2) is 47.5 Å². The van der Waals surface area contributed by atoms with E-state index in [-0.39, 0.29) is 23.8 Å². The van der Waals surface area contributed by atoms with Crippen molar-refractivity contribution >= 4 is 22.6 Å². The number of carbonyl (C=O) groups excluding carboxylic acids is 2. The van der Waals surface area contributed by atoms with Crippen LogP contribution in [0.5, 0.6) is 11.6 Å². The van der Waals surface area contributed by atoms with E-state index in [4.69, 9.17) is 20.5 Å². The Kier molecular flexibility index (Phi) is 4.98. The molecule has 8 nitrogen and oxygen atoms in total. The maximum absolute atomic E-state index is 12.0. The second-order valence-corrected chi connectivity index (χ2v) is 8.38. The third kappa shape index (κ3) is 3.63. The van der Waals surface area contributed by atoms with Gasteiger partial charge in [0.2, 0.25) is 11.8 Å². The maximum atomic E-state index is 12.0. The van der Waals surface area contributed by atoms with Crippen molar-refractivity contribution < 1.29 is 19.1 Å². The van der Waals surface area contributed by atoms with Crippen LogP contribution in [0.2, 0.25) is 0 Å². The lowest BCUT2D eigenvalue weighted by molar-refractivity contribution is -0.129. The smallest absolute Gasteiger partial charge is 0.252 e. The number of nitrogens with zero attached hydrogens (tertiary/aromatic N) is 3. The normalized spacial score (nSPS) is 21.9. The molecule has 2 N–H and O–H groups in total. The summed E-state index contributed by atoms with van der Waals surface area (Å²) in [6.45, 7) is 5.48. The molecule has 0 unspecified atom stereocenters. The van der Waals surface area contributed by atoms with Gasteiger partial charge < -0.3 is 20.1 Å². The summed E-state index contributed by atoms with van der Waals surface area (Å²) in [5.74, 6) is 0.580. The van der Waals surface area contributed by atoms with Gasteiger partial charge in [-0.05, 0) is 49.8 Å². The van der Waals surface area contributed by atoms with Gasteiger partial charge >= 0.3 is 0 Å². The fourth-order valence-corrected chi connectivity index (χ4v) is 4.23. The number of rotatable bonds is 7. The van der Waals surface area contributed by atoms with E-state index in [0.717, 1.165) is 17.2 Å². The first-order chi connectivity index (χ1) is 14.3. The zero-order valence-electron chi connectivity index (χ0n) is 17.1. The van der Waals surface area contributed by atoms with Crippen molar-refractivity contribution in [2.75, 3.05) is 19.7 Å². The monoisotopic (exact) mass is 408 g/mol. The minimum atomic E-state index is -0.556. The van der Waals surface area contributed by atoms with Gasteiger partial charge in [0, 0.05) is 30.1 Å². The average molecular weight is 408 g/mol. The third-order valence-corrected chi connectivity index (χ3v) is 5.84. The predicted octanol–water partition coefficient (Wildman–Crippen LogP) is 2.26. The van der Waals surface area contributed by atoms with Crippen LogP contribution in [0, 0.1) is 22.7 Å². The first kappa shape index (κ1) is 20.0. The van der Waals surface area contributed by atoms with Crippen molar-refractivity contribution in [3.05, 3.63) is 30.0 Å². The van der Waals surface area contributed by atoms with E-state index in [0.29, 0.717) is 42.8 Å². The lowest BCUT2D eigenvalue weighted by atomic mass is 10.1. The van der Waals surface area contributed by atoms with Gasteiger partial charge in [0.15, 0.2) is 0 Å². The van der Waals surface area contributed by atoms with Crippen LogP contribution in [0.15, 0.2) is 24.4 Å². The molecule has 4 rings (SSSR count). The van der Waals surface area contributed by atoms with Crippen molar-refractivity contribution in [3.63, 3.8) is 0 Å². The van der Waals surface area contributed by atoms with Gasteiger partial charge in [-0.2, -0.15) is 5.26 Å². The Morgan fingerprint density at radius 1 is 1.43 bits per heavy atom. The molecule has 0 bridgehead atoms. The molecular formula is C22H24N4O4. The number of hydrogen-bond donors (Lipinski definition) is 1. The summed E-state index contributed by atoms with van der Waals surface area (Å²) in [6.07, 6.45) is 2.42. The molecule has 0 radical (unpaired) electrons. The Labute approximate surface area is 174 Å². The molecule has 30 heavy (non-hydrogen) atoms. The summed E-state index contributed by atoms with van der Waals surface area (Å²) >= 11 is 0. The number of benzene rings is 1. The zero-order chi connectivity index (χ0) is 21.5. The van der Waals surface area contributed by atoms with E-state index in [1.54, 1.807) is 29.3 Å². The predicted molar refractivity (Wildman–Crippen MR) is 109 cm³/mol. The minimum Gasteiger partial charge on any atom is -0.490 e. The first-order valence-corrected chi connectivity index (χ1v) is 10.00. The van der Waals surface area contributed by atoms with Crippen LogP contribution in [0.1, 0.15) is 37.0 Å². The highest BCUT2D eigenvalue weighted by Crippen LogP contribution is 2.58. The number of primary amides is 1. The molecule has 1 saturated heterocycles. The summed E-state index contributed by atoms with van der Waals surface area (Å²) in [5, 5.41) is 10.3. The number of nitriles is 1. The van der Waals surface area contributed by atoms with E-state index >= 15 is 0 Å². The largest absolute Gasteiger partial charge is 0.490 e.